The molecule has 2 amide bonds. The number of piperidine rings is 1. The van der Waals surface area contributed by atoms with Crippen molar-refractivity contribution in [3.05, 3.63) is 17.5 Å². The van der Waals surface area contributed by atoms with Crippen molar-refractivity contribution in [2.45, 2.75) is 51.6 Å². The maximum Gasteiger partial charge on any atom is 0.409 e. The average molecular weight is 347 g/mol. The summed E-state index contributed by atoms with van der Waals surface area (Å²) in [5.41, 5.74) is 1.15. The van der Waals surface area contributed by atoms with Crippen LogP contribution in [0, 0.1) is 6.92 Å². The lowest BCUT2D eigenvalue weighted by molar-refractivity contribution is 0.0943. The van der Waals surface area contributed by atoms with Crippen LogP contribution in [0.15, 0.2) is 6.07 Å². The molecule has 25 heavy (non-hydrogen) atoms. The van der Waals surface area contributed by atoms with E-state index in [4.69, 9.17) is 4.74 Å². The lowest BCUT2D eigenvalue weighted by Crippen LogP contribution is -2.42. The normalized spacial score (nSPS) is 17.9. The Kier molecular flexibility index (Phi) is 5.35. The number of amides is 2. The van der Waals surface area contributed by atoms with Crippen LogP contribution in [-0.2, 0) is 4.74 Å². The average Bonchev–Trinajstić information content (AvgIpc) is 3.39. The number of carbonyl (C=O) groups is 2. The quantitative estimate of drug-likeness (QED) is 0.842. The van der Waals surface area contributed by atoms with Crippen molar-refractivity contribution in [3.8, 4) is 0 Å². The molecule has 1 aromatic heterocycles. The molecule has 2 aliphatic rings. The van der Waals surface area contributed by atoms with Crippen molar-refractivity contribution in [2.75, 3.05) is 25.0 Å². The highest BCUT2D eigenvalue weighted by atomic mass is 16.6. The first-order valence-corrected chi connectivity index (χ1v) is 8.90. The number of nitrogens with one attached hydrogen (secondary N) is 2. The van der Waals surface area contributed by atoms with Gasteiger partial charge in [0, 0.05) is 30.9 Å². The molecule has 1 aromatic rings. The van der Waals surface area contributed by atoms with Gasteiger partial charge in [-0.05, 0) is 45.6 Å². The molecule has 2 fully saturated rings. The second kappa shape index (κ2) is 7.67. The van der Waals surface area contributed by atoms with E-state index < -0.39 is 0 Å². The van der Waals surface area contributed by atoms with E-state index in [0.29, 0.717) is 37.4 Å². The fourth-order valence-corrected chi connectivity index (χ4v) is 2.84. The second-order valence-corrected chi connectivity index (χ2v) is 6.57. The Hall–Kier alpha value is -2.38. The van der Waals surface area contributed by atoms with Crippen LogP contribution in [0.1, 0.15) is 48.8 Å². The minimum atomic E-state index is -0.258. The van der Waals surface area contributed by atoms with Gasteiger partial charge in [0.15, 0.2) is 0 Å². The Bertz CT molecular complexity index is 639. The Morgan fingerprint density at radius 3 is 2.56 bits per heavy atom. The molecule has 1 saturated carbocycles. The molecule has 0 bridgehead atoms. The number of nitrogens with zero attached hydrogens (tertiary/aromatic N) is 3. The molecule has 2 N–H and O–H groups in total. The van der Waals surface area contributed by atoms with Crippen molar-refractivity contribution in [2.24, 2.45) is 0 Å². The standard InChI is InChI=1S/C17H25N5O3/c1-3-25-17(24)22-8-6-13(7-9-22)20-16-18-11(2)10-14(21-16)15(23)19-12-4-5-12/h10,12-13H,3-9H2,1-2H3,(H,19,23)(H,18,20,21). The van der Waals surface area contributed by atoms with Gasteiger partial charge in [-0.3, -0.25) is 4.79 Å². The molecule has 1 saturated heterocycles. The summed E-state index contributed by atoms with van der Waals surface area (Å²) in [6.45, 7) is 5.32. The largest absolute Gasteiger partial charge is 0.450 e. The van der Waals surface area contributed by atoms with E-state index in [1.54, 1.807) is 17.9 Å². The van der Waals surface area contributed by atoms with Gasteiger partial charge in [0.05, 0.1) is 6.61 Å². The van der Waals surface area contributed by atoms with E-state index in [0.717, 1.165) is 31.4 Å². The van der Waals surface area contributed by atoms with Crippen LogP contribution < -0.4 is 10.6 Å². The maximum atomic E-state index is 12.2. The number of hydrogen-bond donors (Lipinski definition) is 2. The van der Waals surface area contributed by atoms with Gasteiger partial charge in [0.25, 0.3) is 5.91 Å². The minimum absolute atomic E-state index is 0.145. The van der Waals surface area contributed by atoms with Crippen molar-refractivity contribution < 1.29 is 14.3 Å². The third-order valence-corrected chi connectivity index (χ3v) is 4.35. The highest BCUT2D eigenvalue weighted by molar-refractivity contribution is 5.93. The zero-order chi connectivity index (χ0) is 17.8. The Balaban J connectivity index is 1.57. The van der Waals surface area contributed by atoms with E-state index in [9.17, 15) is 9.59 Å². The van der Waals surface area contributed by atoms with Crippen LogP contribution >= 0.6 is 0 Å². The molecule has 0 atom stereocenters. The summed E-state index contributed by atoms with van der Waals surface area (Å²) in [6, 6.07) is 2.17. The summed E-state index contributed by atoms with van der Waals surface area (Å²) < 4.78 is 5.03. The fraction of sp³-hybridized carbons (Fsp3) is 0.647. The van der Waals surface area contributed by atoms with E-state index >= 15 is 0 Å². The summed E-state index contributed by atoms with van der Waals surface area (Å²) in [7, 11) is 0. The Labute approximate surface area is 147 Å². The van der Waals surface area contributed by atoms with Crippen LogP contribution in [0.5, 0.6) is 0 Å². The SMILES string of the molecule is CCOC(=O)N1CCC(Nc2nc(C)cc(C(=O)NC3CC3)n2)CC1. The molecule has 2 heterocycles. The second-order valence-electron chi connectivity index (χ2n) is 6.57. The number of anilines is 1. The van der Waals surface area contributed by atoms with Crippen molar-refractivity contribution >= 4 is 17.9 Å². The van der Waals surface area contributed by atoms with Crippen molar-refractivity contribution in [3.63, 3.8) is 0 Å². The smallest absolute Gasteiger partial charge is 0.409 e. The molecule has 0 aromatic carbocycles. The molecular weight excluding hydrogens is 322 g/mol. The van der Waals surface area contributed by atoms with Crippen molar-refractivity contribution in [1.29, 1.82) is 0 Å². The van der Waals surface area contributed by atoms with Crippen LogP contribution in [0.4, 0.5) is 10.7 Å². The van der Waals surface area contributed by atoms with Crippen LogP contribution in [0.3, 0.4) is 0 Å². The van der Waals surface area contributed by atoms with Gasteiger partial charge in [-0.25, -0.2) is 14.8 Å². The van der Waals surface area contributed by atoms with Crippen molar-refractivity contribution in [1.82, 2.24) is 20.2 Å². The summed E-state index contributed by atoms with van der Waals surface area (Å²) in [5.74, 6) is 0.323. The molecule has 0 unspecified atom stereocenters. The van der Waals surface area contributed by atoms with E-state index in [2.05, 4.69) is 20.6 Å². The first-order chi connectivity index (χ1) is 12.0. The van der Waals surface area contributed by atoms with Gasteiger partial charge in [-0.1, -0.05) is 0 Å². The highest BCUT2D eigenvalue weighted by Crippen LogP contribution is 2.20. The number of likely N-dealkylation sites (tertiary alicyclic amines) is 1. The Morgan fingerprint density at radius 2 is 1.92 bits per heavy atom. The van der Waals surface area contributed by atoms with E-state index in [1.165, 1.54) is 0 Å². The van der Waals surface area contributed by atoms with Gasteiger partial charge >= 0.3 is 6.09 Å². The predicted molar refractivity (Wildman–Crippen MR) is 92.5 cm³/mol. The van der Waals surface area contributed by atoms with Gasteiger partial charge < -0.3 is 20.3 Å². The van der Waals surface area contributed by atoms with E-state index in [-0.39, 0.29) is 18.0 Å². The fourth-order valence-electron chi connectivity index (χ4n) is 2.84. The van der Waals surface area contributed by atoms with Gasteiger partial charge in [-0.15, -0.1) is 0 Å². The lowest BCUT2D eigenvalue weighted by atomic mass is 10.1. The summed E-state index contributed by atoms with van der Waals surface area (Å²) >= 11 is 0. The zero-order valence-electron chi connectivity index (χ0n) is 14.7. The molecule has 8 nitrogen and oxygen atoms in total. The number of hydrogen-bond acceptors (Lipinski definition) is 6. The van der Waals surface area contributed by atoms with Crippen LogP contribution in [0.25, 0.3) is 0 Å². The number of aromatic nitrogens is 2. The molecule has 1 aliphatic heterocycles. The first-order valence-electron chi connectivity index (χ1n) is 8.90. The van der Waals surface area contributed by atoms with Gasteiger partial charge in [-0.2, -0.15) is 0 Å². The van der Waals surface area contributed by atoms with Gasteiger partial charge in [0.1, 0.15) is 5.69 Å². The minimum Gasteiger partial charge on any atom is -0.450 e. The lowest BCUT2D eigenvalue weighted by Gasteiger charge is -2.31. The predicted octanol–water partition coefficient (Wildman–Crippen LogP) is 1.71. The summed E-state index contributed by atoms with van der Waals surface area (Å²) in [4.78, 5) is 34.4. The molecule has 136 valence electrons. The Morgan fingerprint density at radius 1 is 1.20 bits per heavy atom. The third kappa shape index (κ3) is 4.80. The molecule has 3 rings (SSSR count). The molecular formula is C17H25N5O3. The molecule has 1 aliphatic carbocycles. The van der Waals surface area contributed by atoms with Crippen LogP contribution in [0.2, 0.25) is 0 Å². The number of ether oxygens (including phenoxy) is 1. The topological polar surface area (TPSA) is 96.5 Å². The monoisotopic (exact) mass is 347 g/mol. The van der Waals surface area contributed by atoms with Gasteiger partial charge in [0.2, 0.25) is 5.95 Å². The number of carbonyl (C=O) groups excluding carboxylic acids is 2. The van der Waals surface area contributed by atoms with Crippen LogP contribution in [-0.4, -0.2) is 58.6 Å². The number of rotatable bonds is 5. The zero-order valence-corrected chi connectivity index (χ0v) is 14.7. The third-order valence-electron chi connectivity index (χ3n) is 4.35. The summed E-state index contributed by atoms with van der Waals surface area (Å²) in [5, 5.41) is 6.24. The molecule has 0 spiro atoms. The first kappa shape index (κ1) is 17.4. The highest BCUT2D eigenvalue weighted by Gasteiger charge is 2.26. The maximum absolute atomic E-state index is 12.2. The summed E-state index contributed by atoms with van der Waals surface area (Å²) in [6.07, 6.45) is 3.41. The van der Waals surface area contributed by atoms with E-state index in [1.807, 2.05) is 6.92 Å². The molecule has 8 heteroatoms. The molecule has 0 radical (unpaired) electrons. The number of aryl methyl sites for hydroxylation is 1.